The summed E-state index contributed by atoms with van der Waals surface area (Å²) in [6, 6.07) is 0. The molecule has 0 fully saturated rings. The highest BCUT2D eigenvalue weighted by Crippen LogP contribution is 2.13. The van der Waals surface area contributed by atoms with Crippen LogP contribution in [-0.4, -0.2) is 33.9 Å². The smallest absolute Gasteiger partial charge is 0.335 e. The van der Waals surface area contributed by atoms with Gasteiger partial charge in [-0.1, -0.05) is 84.0 Å². The van der Waals surface area contributed by atoms with Gasteiger partial charge in [-0.15, -0.1) is 0 Å². The van der Waals surface area contributed by atoms with Crippen LogP contribution >= 0.6 is 0 Å². The van der Waals surface area contributed by atoms with Crippen LogP contribution in [0.4, 0.5) is 0 Å². The van der Waals surface area contributed by atoms with Crippen molar-refractivity contribution < 1.29 is 24.5 Å². The second kappa shape index (κ2) is 19.2. The van der Waals surface area contributed by atoms with Gasteiger partial charge in [0.25, 0.3) is 0 Å². The highest BCUT2D eigenvalue weighted by molar-refractivity contribution is 5.75. The Labute approximate surface area is 173 Å². The fraction of sp³-hybridized carbons (Fsp3) is 0.913. The first kappa shape index (κ1) is 29.1. The van der Waals surface area contributed by atoms with E-state index in [9.17, 15) is 9.59 Å². The van der Waals surface area contributed by atoms with Gasteiger partial charge in [0.1, 0.15) is 0 Å². The van der Waals surface area contributed by atoms with E-state index in [4.69, 9.17) is 14.9 Å². The summed E-state index contributed by atoms with van der Waals surface area (Å²) in [6.07, 6.45) is 18.0. The molecule has 0 rings (SSSR count). The Kier molecular flexibility index (Phi) is 20.0. The summed E-state index contributed by atoms with van der Waals surface area (Å²) >= 11 is 0. The van der Waals surface area contributed by atoms with E-state index in [-0.39, 0.29) is 12.1 Å². The lowest BCUT2D eigenvalue weighted by atomic mass is 10.0. The van der Waals surface area contributed by atoms with Gasteiger partial charge in [-0.2, -0.15) is 0 Å². The number of rotatable bonds is 16. The van der Waals surface area contributed by atoms with Crippen LogP contribution in [0.15, 0.2) is 0 Å². The predicted molar refractivity (Wildman–Crippen MR) is 115 cm³/mol. The number of ether oxygens (including phenoxy) is 1. The fourth-order valence-electron chi connectivity index (χ4n) is 2.61. The molecule has 168 valence electrons. The number of carboxylic acid groups (broad SMARTS) is 1. The van der Waals surface area contributed by atoms with E-state index in [1.54, 1.807) is 0 Å². The van der Waals surface area contributed by atoms with Crippen LogP contribution in [0.1, 0.15) is 125 Å². The van der Waals surface area contributed by atoms with Crippen molar-refractivity contribution in [3.05, 3.63) is 0 Å². The molecule has 28 heavy (non-hydrogen) atoms. The molecule has 0 saturated heterocycles. The minimum Gasteiger partial charge on any atom is -0.479 e. The first-order valence-corrected chi connectivity index (χ1v) is 11.3. The Morgan fingerprint density at radius 3 is 1.39 bits per heavy atom. The molecule has 0 unspecified atom stereocenters. The number of hydrogen-bond acceptors (Lipinski definition) is 4. The number of carbonyl (C=O) groups excluding carboxylic acids is 1. The molecule has 0 aromatic rings. The third-order valence-corrected chi connectivity index (χ3v) is 4.37. The second-order valence-corrected chi connectivity index (χ2v) is 8.40. The van der Waals surface area contributed by atoms with Gasteiger partial charge < -0.3 is 14.9 Å². The van der Waals surface area contributed by atoms with E-state index in [0.29, 0.717) is 6.42 Å². The maximum atomic E-state index is 11.3. The van der Waals surface area contributed by atoms with Gasteiger partial charge in [0.05, 0.1) is 6.10 Å². The third-order valence-electron chi connectivity index (χ3n) is 4.37. The molecule has 0 heterocycles. The number of carboxylic acids is 1. The molecular formula is C23H46O5. The molecule has 0 radical (unpaired) electrons. The molecule has 0 aromatic heterocycles. The lowest BCUT2D eigenvalue weighted by molar-refractivity contribution is -0.154. The standard InChI is InChI=1S/C19H38O2.C4H8O3/c1-4-5-6-7-8-9-10-11-12-13-14-15-16-17-19(20)21-18(2)3;1-4(2,7)3(5)6/h18H,4-17H2,1-3H3;7H,1-2H3,(H,5,6). The van der Waals surface area contributed by atoms with Crippen molar-refractivity contribution in [2.45, 2.75) is 136 Å². The average Bonchev–Trinajstić information content (AvgIpc) is 2.58. The van der Waals surface area contributed by atoms with Gasteiger partial charge >= 0.3 is 11.9 Å². The fourth-order valence-corrected chi connectivity index (χ4v) is 2.61. The van der Waals surface area contributed by atoms with E-state index in [1.165, 1.54) is 90.9 Å². The van der Waals surface area contributed by atoms with Gasteiger partial charge in [-0.3, -0.25) is 4.79 Å². The van der Waals surface area contributed by atoms with Crippen LogP contribution in [0.2, 0.25) is 0 Å². The van der Waals surface area contributed by atoms with Gasteiger partial charge in [0, 0.05) is 6.42 Å². The topological polar surface area (TPSA) is 83.8 Å². The van der Waals surface area contributed by atoms with Crippen LogP contribution in [0.5, 0.6) is 0 Å². The maximum Gasteiger partial charge on any atom is 0.335 e. The van der Waals surface area contributed by atoms with E-state index in [0.717, 1.165) is 6.42 Å². The minimum atomic E-state index is -1.58. The van der Waals surface area contributed by atoms with Crippen LogP contribution in [-0.2, 0) is 14.3 Å². The monoisotopic (exact) mass is 402 g/mol. The lowest BCUT2D eigenvalue weighted by Gasteiger charge is -2.07. The average molecular weight is 403 g/mol. The number of aliphatic carboxylic acids is 1. The third kappa shape index (κ3) is 24.9. The summed E-state index contributed by atoms with van der Waals surface area (Å²) in [5.41, 5.74) is -1.58. The van der Waals surface area contributed by atoms with Crippen LogP contribution in [0.25, 0.3) is 0 Å². The molecule has 0 aromatic carbocycles. The van der Waals surface area contributed by atoms with Crippen molar-refractivity contribution in [2.24, 2.45) is 0 Å². The first-order valence-electron chi connectivity index (χ1n) is 11.3. The number of carbonyl (C=O) groups is 2. The summed E-state index contributed by atoms with van der Waals surface area (Å²) in [5.74, 6) is -1.24. The molecule has 0 amide bonds. The zero-order valence-electron chi connectivity index (χ0n) is 19.1. The van der Waals surface area contributed by atoms with E-state index >= 15 is 0 Å². The maximum absolute atomic E-state index is 11.3. The highest BCUT2D eigenvalue weighted by Gasteiger charge is 2.21. The molecule has 0 spiro atoms. The summed E-state index contributed by atoms with van der Waals surface area (Å²) in [6.45, 7) is 8.52. The normalized spacial score (nSPS) is 11.1. The quantitative estimate of drug-likeness (QED) is 0.235. The molecule has 0 atom stereocenters. The Balaban J connectivity index is 0. The van der Waals surface area contributed by atoms with E-state index < -0.39 is 11.6 Å². The minimum absolute atomic E-state index is 0.0273. The van der Waals surface area contributed by atoms with Gasteiger partial charge in [0.15, 0.2) is 5.60 Å². The molecule has 0 aliphatic rings. The molecule has 5 nitrogen and oxygen atoms in total. The van der Waals surface area contributed by atoms with Gasteiger partial charge in [-0.25, -0.2) is 4.79 Å². The Bertz CT molecular complexity index is 372. The Morgan fingerprint density at radius 1 is 0.786 bits per heavy atom. The number of hydrogen-bond donors (Lipinski definition) is 2. The van der Waals surface area contributed by atoms with Crippen molar-refractivity contribution in [3.63, 3.8) is 0 Å². The predicted octanol–water partition coefficient (Wildman–Crippen LogP) is 6.26. The number of esters is 1. The van der Waals surface area contributed by atoms with Gasteiger partial charge in [-0.05, 0) is 34.1 Å². The molecule has 0 aliphatic carbocycles. The zero-order valence-corrected chi connectivity index (χ0v) is 19.1. The SMILES string of the molecule is CC(C)(O)C(=O)O.CCCCCCCCCCCCCCCC(=O)OC(C)C. The Hall–Kier alpha value is -1.10. The first-order chi connectivity index (χ1) is 13.1. The molecule has 0 aliphatic heterocycles. The van der Waals surface area contributed by atoms with E-state index in [2.05, 4.69) is 6.92 Å². The summed E-state index contributed by atoms with van der Waals surface area (Å²) in [4.78, 5) is 21.1. The molecule has 0 bridgehead atoms. The largest absolute Gasteiger partial charge is 0.479 e. The summed E-state index contributed by atoms with van der Waals surface area (Å²) in [5, 5.41) is 16.5. The molecule has 5 heteroatoms. The zero-order chi connectivity index (χ0) is 21.8. The number of aliphatic hydroxyl groups is 1. The van der Waals surface area contributed by atoms with Crippen molar-refractivity contribution in [2.75, 3.05) is 0 Å². The van der Waals surface area contributed by atoms with Crippen molar-refractivity contribution in [3.8, 4) is 0 Å². The number of unbranched alkanes of at least 4 members (excludes halogenated alkanes) is 12. The molecule has 0 saturated carbocycles. The van der Waals surface area contributed by atoms with E-state index in [1.807, 2.05) is 13.8 Å². The van der Waals surface area contributed by atoms with Crippen molar-refractivity contribution >= 4 is 11.9 Å². The molecule has 2 N–H and O–H groups in total. The van der Waals surface area contributed by atoms with Crippen molar-refractivity contribution in [1.29, 1.82) is 0 Å². The van der Waals surface area contributed by atoms with Crippen LogP contribution in [0.3, 0.4) is 0 Å². The second-order valence-electron chi connectivity index (χ2n) is 8.40. The summed E-state index contributed by atoms with van der Waals surface area (Å²) in [7, 11) is 0. The van der Waals surface area contributed by atoms with Crippen LogP contribution < -0.4 is 0 Å². The summed E-state index contributed by atoms with van der Waals surface area (Å²) < 4.78 is 5.12. The Morgan fingerprint density at radius 2 is 1.11 bits per heavy atom. The molecular weight excluding hydrogens is 356 g/mol. The highest BCUT2D eigenvalue weighted by atomic mass is 16.5. The van der Waals surface area contributed by atoms with Crippen molar-refractivity contribution in [1.82, 2.24) is 0 Å². The van der Waals surface area contributed by atoms with Gasteiger partial charge in [0.2, 0.25) is 0 Å². The van der Waals surface area contributed by atoms with Crippen LogP contribution in [0, 0.1) is 0 Å². The lowest BCUT2D eigenvalue weighted by Crippen LogP contribution is -2.30.